The Hall–Kier alpha value is -2.10. The molecule has 1 aliphatic heterocycles. The molecule has 4 heteroatoms. The van der Waals surface area contributed by atoms with Crippen LogP contribution in [0.15, 0.2) is 36.5 Å². The van der Waals surface area contributed by atoms with Gasteiger partial charge in [-0.2, -0.15) is 0 Å². The van der Waals surface area contributed by atoms with Crippen molar-refractivity contribution in [1.82, 2.24) is 4.57 Å². The van der Waals surface area contributed by atoms with Crippen LogP contribution in [0.4, 0.5) is 5.69 Å². The number of fused-ring (bicyclic) bond motifs is 1. The highest BCUT2D eigenvalue weighted by molar-refractivity contribution is 5.67. The van der Waals surface area contributed by atoms with Crippen LogP contribution in [0.2, 0.25) is 0 Å². The second kappa shape index (κ2) is 4.29. The molecule has 0 N–H and O–H groups in total. The van der Waals surface area contributed by atoms with Crippen molar-refractivity contribution in [3.63, 3.8) is 0 Å². The van der Waals surface area contributed by atoms with Gasteiger partial charge in [-0.1, -0.05) is 0 Å². The number of non-ortho nitro benzene ring substituents is 1. The third kappa shape index (κ3) is 1.79. The molecule has 1 aliphatic rings. The van der Waals surface area contributed by atoms with Gasteiger partial charge in [0.15, 0.2) is 0 Å². The lowest BCUT2D eigenvalue weighted by Gasteiger charge is -2.16. The Kier molecular flexibility index (Phi) is 2.63. The van der Waals surface area contributed by atoms with Gasteiger partial charge in [-0.05, 0) is 43.0 Å². The van der Waals surface area contributed by atoms with Gasteiger partial charge in [0, 0.05) is 36.1 Å². The zero-order valence-corrected chi connectivity index (χ0v) is 10.0. The molecule has 4 nitrogen and oxygen atoms in total. The van der Waals surface area contributed by atoms with E-state index in [2.05, 4.69) is 16.8 Å². The fourth-order valence-electron chi connectivity index (χ4n) is 2.59. The monoisotopic (exact) mass is 242 g/mol. The van der Waals surface area contributed by atoms with Crippen molar-refractivity contribution in [3.05, 3.63) is 52.3 Å². The number of aryl methyl sites for hydroxylation is 1. The van der Waals surface area contributed by atoms with Gasteiger partial charge in [0.1, 0.15) is 0 Å². The van der Waals surface area contributed by atoms with E-state index in [1.54, 1.807) is 12.1 Å². The van der Waals surface area contributed by atoms with E-state index in [4.69, 9.17) is 0 Å². The van der Waals surface area contributed by atoms with Crippen LogP contribution in [0.5, 0.6) is 0 Å². The van der Waals surface area contributed by atoms with E-state index in [-0.39, 0.29) is 10.6 Å². The molecule has 3 rings (SSSR count). The minimum Gasteiger partial charge on any atom is -0.351 e. The summed E-state index contributed by atoms with van der Waals surface area (Å²) in [5.74, 6) is 0. The molecule has 0 saturated heterocycles. The number of nitro groups is 1. The molecule has 2 aromatic rings. The summed E-state index contributed by atoms with van der Waals surface area (Å²) in [6.07, 6.45) is 5.68. The Bertz CT molecular complexity index is 584. The lowest BCUT2D eigenvalue weighted by Crippen LogP contribution is -2.09. The van der Waals surface area contributed by atoms with E-state index in [0.717, 1.165) is 18.5 Å². The number of hydrogen-bond acceptors (Lipinski definition) is 2. The highest BCUT2D eigenvalue weighted by atomic mass is 16.6. The molecule has 0 amide bonds. The van der Waals surface area contributed by atoms with Gasteiger partial charge in [-0.25, -0.2) is 0 Å². The molecule has 0 fully saturated rings. The summed E-state index contributed by atoms with van der Waals surface area (Å²) >= 11 is 0. The Balaban J connectivity index is 1.99. The Morgan fingerprint density at radius 1 is 1.11 bits per heavy atom. The Labute approximate surface area is 105 Å². The third-order valence-electron chi connectivity index (χ3n) is 3.53. The first kappa shape index (κ1) is 11.0. The van der Waals surface area contributed by atoms with Crippen LogP contribution in [0.3, 0.4) is 0 Å². The summed E-state index contributed by atoms with van der Waals surface area (Å²) in [6, 6.07) is 8.93. The zero-order valence-electron chi connectivity index (χ0n) is 10.0. The predicted octanol–water partition coefficient (Wildman–Crippen LogP) is 3.40. The van der Waals surface area contributed by atoms with E-state index in [1.165, 1.54) is 24.1 Å². The summed E-state index contributed by atoms with van der Waals surface area (Å²) < 4.78 is 2.29. The maximum atomic E-state index is 10.6. The number of aromatic nitrogens is 1. The van der Waals surface area contributed by atoms with Crippen LogP contribution in [-0.2, 0) is 13.0 Å². The van der Waals surface area contributed by atoms with Gasteiger partial charge < -0.3 is 4.57 Å². The Morgan fingerprint density at radius 2 is 1.89 bits per heavy atom. The van der Waals surface area contributed by atoms with Crippen molar-refractivity contribution in [3.8, 4) is 11.1 Å². The second-order valence-electron chi connectivity index (χ2n) is 4.63. The van der Waals surface area contributed by atoms with E-state index < -0.39 is 0 Å². The molecule has 1 aromatic carbocycles. The molecular formula is C14H14N2O2. The van der Waals surface area contributed by atoms with Crippen molar-refractivity contribution in [1.29, 1.82) is 0 Å². The molecule has 0 bridgehead atoms. The number of hydrogen-bond donors (Lipinski definition) is 0. The zero-order chi connectivity index (χ0) is 12.5. The first-order valence-corrected chi connectivity index (χ1v) is 6.18. The van der Waals surface area contributed by atoms with Crippen molar-refractivity contribution >= 4 is 5.69 Å². The molecular weight excluding hydrogens is 228 g/mol. The predicted molar refractivity (Wildman–Crippen MR) is 69.5 cm³/mol. The number of rotatable bonds is 2. The molecule has 92 valence electrons. The van der Waals surface area contributed by atoms with Gasteiger partial charge in [0.25, 0.3) is 5.69 Å². The first-order chi connectivity index (χ1) is 8.75. The molecule has 18 heavy (non-hydrogen) atoms. The van der Waals surface area contributed by atoms with E-state index in [9.17, 15) is 10.1 Å². The molecule has 0 saturated carbocycles. The van der Waals surface area contributed by atoms with Crippen LogP contribution in [-0.4, -0.2) is 9.49 Å². The highest BCUT2D eigenvalue weighted by Crippen LogP contribution is 2.30. The van der Waals surface area contributed by atoms with E-state index in [0.29, 0.717) is 0 Å². The minimum atomic E-state index is -0.362. The number of nitro benzene ring substituents is 1. The average Bonchev–Trinajstić information content (AvgIpc) is 2.82. The quantitative estimate of drug-likeness (QED) is 0.598. The van der Waals surface area contributed by atoms with Crippen molar-refractivity contribution in [2.24, 2.45) is 0 Å². The number of nitrogens with zero attached hydrogens (tertiary/aromatic N) is 2. The van der Waals surface area contributed by atoms with E-state index >= 15 is 0 Å². The summed E-state index contributed by atoms with van der Waals surface area (Å²) in [7, 11) is 0. The van der Waals surface area contributed by atoms with Gasteiger partial charge in [-0.15, -0.1) is 0 Å². The average molecular weight is 242 g/mol. The maximum absolute atomic E-state index is 10.6. The fourth-order valence-corrected chi connectivity index (χ4v) is 2.59. The van der Waals surface area contributed by atoms with Crippen LogP contribution in [0, 0.1) is 10.1 Å². The third-order valence-corrected chi connectivity index (χ3v) is 3.53. The molecule has 0 radical (unpaired) electrons. The molecule has 1 aromatic heterocycles. The standard InChI is InChI=1S/C14H14N2O2/c17-16(18)12-6-4-11(5-7-12)13-8-10-15-9-2-1-3-14(13)15/h4-8,10H,1-3,9H2. The van der Waals surface area contributed by atoms with E-state index in [1.807, 2.05) is 12.1 Å². The summed E-state index contributed by atoms with van der Waals surface area (Å²) in [5.41, 5.74) is 3.78. The maximum Gasteiger partial charge on any atom is 0.269 e. The lowest BCUT2D eigenvalue weighted by molar-refractivity contribution is -0.384. The molecule has 0 spiro atoms. The van der Waals surface area contributed by atoms with Crippen LogP contribution >= 0.6 is 0 Å². The SMILES string of the molecule is O=[N+]([O-])c1ccc(-c2ccn3c2CCCC3)cc1. The molecule has 0 unspecified atom stereocenters. The van der Waals surface area contributed by atoms with Gasteiger partial charge >= 0.3 is 0 Å². The molecule has 0 atom stereocenters. The van der Waals surface area contributed by atoms with Crippen molar-refractivity contribution < 1.29 is 4.92 Å². The lowest BCUT2D eigenvalue weighted by atomic mass is 10.0. The topological polar surface area (TPSA) is 48.1 Å². The van der Waals surface area contributed by atoms with Crippen LogP contribution in [0.1, 0.15) is 18.5 Å². The van der Waals surface area contributed by atoms with Gasteiger partial charge in [0.05, 0.1) is 4.92 Å². The Morgan fingerprint density at radius 3 is 2.61 bits per heavy atom. The summed E-state index contributed by atoms with van der Waals surface area (Å²) in [6.45, 7) is 1.09. The van der Waals surface area contributed by atoms with Crippen molar-refractivity contribution in [2.45, 2.75) is 25.8 Å². The minimum absolute atomic E-state index is 0.145. The molecule has 0 aliphatic carbocycles. The van der Waals surface area contributed by atoms with Crippen LogP contribution in [0.25, 0.3) is 11.1 Å². The second-order valence-corrected chi connectivity index (χ2v) is 4.63. The normalized spacial score (nSPS) is 14.2. The largest absolute Gasteiger partial charge is 0.351 e. The highest BCUT2D eigenvalue weighted by Gasteiger charge is 2.15. The summed E-state index contributed by atoms with van der Waals surface area (Å²) in [4.78, 5) is 10.3. The van der Waals surface area contributed by atoms with Gasteiger partial charge in [-0.3, -0.25) is 10.1 Å². The molecule has 2 heterocycles. The fraction of sp³-hybridized carbons (Fsp3) is 0.286. The summed E-state index contributed by atoms with van der Waals surface area (Å²) in [5, 5.41) is 10.6. The first-order valence-electron chi connectivity index (χ1n) is 6.18. The van der Waals surface area contributed by atoms with Crippen molar-refractivity contribution in [2.75, 3.05) is 0 Å². The van der Waals surface area contributed by atoms with Gasteiger partial charge in [0.2, 0.25) is 0 Å². The van der Waals surface area contributed by atoms with Crippen LogP contribution < -0.4 is 0 Å². The smallest absolute Gasteiger partial charge is 0.269 e. The number of benzene rings is 1.